The Kier molecular flexibility index (Phi) is 3.87. The third-order valence-corrected chi connectivity index (χ3v) is 4.99. The fourth-order valence-electron chi connectivity index (χ4n) is 2.66. The second kappa shape index (κ2) is 6.04. The maximum Gasteiger partial charge on any atom is 0.336 e. The van der Waals surface area contributed by atoms with Gasteiger partial charge < -0.3 is 9.84 Å². The molecule has 1 aromatic carbocycles. The number of hydrogen-bond donors (Lipinski definition) is 1. The smallest absolute Gasteiger partial charge is 0.336 e. The van der Waals surface area contributed by atoms with Gasteiger partial charge in [0.1, 0.15) is 23.1 Å². The average Bonchev–Trinajstić information content (AvgIpc) is 3.23. The molecule has 1 aliphatic rings. The van der Waals surface area contributed by atoms with E-state index >= 15 is 0 Å². The number of aliphatic hydroxyl groups excluding tert-OH is 1. The van der Waals surface area contributed by atoms with Crippen molar-refractivity contribution in [1.82, 2.24) is 14.0 Å². The Morgan fingerprint density at radius 3 is 2.83 bits per heavy atom. The van der Waals surface area contributed by atoms with E-state index in [2.05, 4.69) is 4.98 Å². The predicted octanol–water partition coefficient (Wildman–Crippen LogP) is 1.88. The normalized spacial score (nSPS) is 20.8. The Labute approximate surface area is 140 Å². The standard InChI is InChI=1S/C16H14FN3O3S/c17-11-3-1-10(2-4-11)12-7-20-13(18-12)5-6-19(16(20)22)14-9-24-15(8-21)23-14/h1-7,14-15,21H,8-9H2. The summed E-state index contributed by atoms with van der Waals surface area (Å²) in [5.74, 6) is 0.273. The number of imidazole rings is 1. The van der Waals surface area contributed by atoms with Crippen LogP contribution in [-0.2, 0) is 4.74 Å². The van der Waals surface area contributed by atoms with Crippen LogP contribution in [0.2, 0.25) is 0 Å². The zero-order valence-electron chi connectivity index (χ0n) is 12.5. The highest BCUT2D eigenvalue weighted by atomic mass is 32.2. The lowest BCUT2D eigenvalue weighted by atomic mass is 10.2. The molecule has 1 saturated heterocycles. The zero-order valence-corrected chi connectivity index (χ0v) is 13.3. The summed E-state index contributed by atoms with van der Waals surface area (Å²) in [5, 5.41) is 9.15. The molecular formula is C16H14FN3O3S. The minimum Gasteiger partial charge on any atom is -0.393 e. The van der Waals surface area contributed by atoms with E-state index in [0.29, 0.717) is 17.1 Å². The van der Waals surface area contributed by atoms with Crippen LogP contribution in [0, 0.1) is 5.82 Å². The minimum atomic E-state index is -0.416. The Hall–Kier alpha value is -2.16. The van der Waals surface area contributed by atoms with E-state index in [4.69, 9.17) is 9.84 Å². The summed E-state index contributed by atoms with van der Waals surface area (Å²) in [5.41, 5.74) is 1.27. The largest absolute Gasteiger partial charge is 0.393 e. The molecule has 8 heteroatoms. The lowest BCUT2D eigenvalue weighted by Gasteiger charge is -2.13. The topological polar surface area (TPSA) is 68.8 Å². The second-order valence-electron chi connectivity index (χ2n) is 5.40. The Bertz CT molecular complexity index is 938. The van der Waals surface area contributed by atoms with Crippen molar-refractivity contribution in [2.75, 3.05) is 12.4 Å². The van der Waals surface area contributed by atoms with Gasteiger partial charge >= 0.3 is 5.69 Å². The first-order valence-corrected chi connectivity index (χ1v) is 8.45. The van der Waals surface area contributed by atoms with Gasteiger partial charge in [0, 0.05) is 23.7 Å². The number of nitrogens with zero attached hydrogens (tertiary/aromatic N) is 3. The van der Waals surface area contributed by atoms with Crippen molar-refractivity contribution in [2.24, 2.45) is 0 Å². The van der Waals surface area contributed by atoms with Gasteiger partial charge in [0.25, 0.3) is 0 Å². The van der Waals surface area contributed by atoms with Crippen molar-refractivity contribution in [3.05, 3.63) is 59.0 Å². The molecule has 0 aliphatic carbocycles. The summed E-state index contributed by atoms with van der Waals surface area (Å²) in [6.07, 6.45) is 2.86. The van der Waals surface area contributed by atoms with Crippen LogP contribution in [0.15, 0.2) is 47.5 Å². The Balaban J connectivity index is 1.74. The third kappa shape index (κ3) is 2.62. The van der Waals surface area contributed by atoms with Crippen LogP contribution in [-0.4, -0.2) is 36.9 Å². The predicted molar refractivity (Wildman–Crippen MR) is 88.3 cm³/mol. The molecule has 0 radical (unpaired) electrons. The van der Waals surface area contributed by atoms with Crippen molar-refractivity contribution in [3.63, 3.8) is 0 Å². The number of ether oxygens (including phenoxy) is 1. The molecule has 24 heavy (non-hydrogen) atoms. The number of benzene rings is 1. The van der Waals surface area contributed by atoms with E-state index in [1.807, 2.05) is 0 Å². The van der Waals surface area contributed by atoms with Crippen LogP contribution < -0.4 is 5.69 Å². The van der Waals surface area contributed by atoms with E-state index in [-0.39, 0.29) is 23.5 Å². The Morgan fingerprint density at radius 1 is 1.33 bits per heavy atom. The summed E-state index contributed by atoms with van der Waals surface area (Å²) in [6.45, 7) is -0.0854. The van der Waals surface area contributed by atoms with Crippen LogP contribution in [0.5, 0.6) is 0 Å². The summed E-state index contributed by atoms with van der Waals surface area (Å²) in [7, 11) is 0. The van der Waals surface area contributed by atoms with Gasteiger partial charge in [-0.3, -0.25) is 8.97 Å². The van der Waals surface area contributed by atoms with Crippen LogP contribution in [0.1, 0.15) is 6.23 Å². The van der Waals surface area contributed by atoms with Crippen molar-refractivity contribution in [2.45, 2.75) is 11.7 Å². The maximum atomic E-state index is 13.0. The van der Waals surface area contributed by atoms with Gasteiger partial charge in [-0.25, -0.2) is 14.2 Å². The molecule has 3 heterocycles. The van der Waals surface area contributed by atoms with E-state index in [0.717, 1.165) is 5.56 Å². The highest BCUT2D eigenvalue weighted by molar-refractivity contribution is 8.00. The summed E-state index contributed by atoms with van der Waals surface area (Å²) in [4.78, 5) is 17.1. The van der Waals surface area contributed by atoms with Crippen LogP contribution in [0.4, 0.5) is 4.39 Å². The number of aromatic nitrogens is 3. The first-order chi connectivity index (χ1) is 11.7. The van der Waals surface area contributed by atoms with Gasteiger partial charge in [0.2, 0.25) is 0 Å². The van der Waals surface area contributed by atoms with Crippen molar-refractivity contribution >= 4 is 17.4 Å². The average molecular weight is 347 g/mol. The van der Waals surface area contributed by atoms with E-state index < -0.39 is 6.23 Å². The minimum absolute atomic E-state index is 0.0854. The summed E-state index contributed by atoms with van der Waals surface area (Å²) >= 11 is 1.47. The molecule has 0 amide bonds. The van der Waals surface area contributed by atoms with E-state index in [1.54, 1.807) is 30.6 Å². The summed E-state index contributed by atoms with van der Waals surface area (Å²) < 4.78 is 21.6. The number of fused-ring (bicyclic) bond motifs is 1. The van der Waals surface area contributed by atoms with Gasteiger partial charge in [-0.2, -0.15) is 0 Å². The lowest BCUT2D eigenvalue weighted by molar-refractivity contribution is -0.00647. The highest BCUT2D eigenvalue weighted by Crippen LogP contribution is 2.30. The van der Waals surface area contributed by atoms with Crippen molar-refractivity contribution < 1.29 is 14.2 Å². The highest BCUT2D eigenvalue weighted by Gasteiger charge is 2.27. The molecular weight excluding hydrogens is 333 g/mol. The van der Waals surface area contributed by atoms with Gasteiger partial charge in [-0.15, -0.1) is 11.8 Å². The molecule has 0 spiro atoms. The van der Waals surface area contributed by atoms with E-state index in [9.17, 15) is 9.18 Å². The third-order valence-electron chi connectivity index (χ3n) is 3.88. The maximum absolute atomic E-state index is 13.0. The van der Waals surface area contributed by atoms with Gasteiger partial charge in [-0.1, -0.05) is 0 Å². The lowest BCUT2D eigenvalue weighted by Crippen LogP contribution is -2.30. The van der Waals surface area contributed by atoms with Crippen LogP contribution >= 0.6 is 11.8 Å². The molecule has 2 aromatic heterocycles. The van der Waals surface area contributed by atoms with Crippen molar-refractivity contribution in [3.8, 4) is 11.3 Å². The molecule has 3 aromatic rings. The first-order valence-electron chi connectivity index (χ1n) is 7.40. The fraction of sp³-hybridized carbons (Fsp3) is 0.250. The number of thioether (sulfide) groups is 1. The van der Waals surface area contributed by atoms with Gasteiger partial charge in [0.05, 0.1) is 12.3 Å². The van der Waals surface area contributed by atoms with Gasteiger partial charge in [-0.05, 0) is 30.3 Å². The van der Waals surface area contributed by atoms with Crippen LogP contribution in [0.25, 0.3) is 16.9 Å². The SMILES string of the molecule is O=c1n(C2CSC(CO)O2)ccc2nc(-c3ccc(F)cc3)cn12. The molecule has 124 valence electrons. The molecule has 1 N–H and O–H groups in total. The van der Waals surface area contributed by atoms with Gasteiger partial charge in [0.15, 0.2) is 0 Å². The number of halogens is 1. The molecule has 1 fully saturated rings. The van der Waals surface area contributed by atoms with E-state index in [1.165, 1.54) is 32.9 Å². The summed E-state index contributed by atoms with van der Waals surface area (Å²) in [6, 6.07) is 7.69. The second-order valence-corrected chi connectivity index (χ2v) is 6.60. The first kappa shape index (κ1) is 15.4. The zero-order chi connectivity index (χ0) is 16.7. The molecule has 4 rings (SSSR count). The molecule has 2 atom stereocenters. The number of aliphatic hydroxyl groups is 1. The molecule has 0 bridgehead atoms. The molecule has 0 saturated carbocycles. The monoisotopic (exact) mass is 347 g/mol. The van der Waals surface area contributed by atoms with Crippen LogP contribution in [0.3, 0.4) is 0 Å². The number of hydrogen-bond acceptors (Lipinski definition) is 5. The Morgan fingerprint density at radius 2 is 2.12 bits per heavy atom. The quantitative estimate of drug-likeness (QED) is 0.783. The molecule has 6 nitrogen and oxygen atoms in total. The fourth-order valence-corrected chi connectivity index (χ4v) is 3.60. The van der Waals surface area contributed by atoms with Crippen molar-refractivity contribution in [1.29, 1.82) is 0 Å². The number of rotatable bonds is 3. The molecule has 2 unspecified atom stereocenters. The molecule has 1 aliphatic heterocycles.